The first-order valence-corrected chi connectivity index (χ1v) is 10.0. The summed E-state index contributed by atoms with van der Waals surface area (Å²) in [5.74, 6) is 0.583. The third-order valence-corrected chi connectivity index (χ3v) is 5.47. The molecule has 0 radical (unpaired) electrons. The van der Waals surface area contributed by atoms with Gasteiger partial charge in [0.1, 0.15) is 5.82 Å². The number of carbonyl (C=O) groups excluding carboxylic acids is 2. The van der Waals surface area contributed by atoms with Gasteiger partial charge in [0, 0.05) is 32.6 Å². The summed E-state index contributed by atoms with van der Waals surface area (Å²) in [4.78, 5) is 28.6. The Balaban J connectivity index is 1.52. The Bertz CT molecular complexity index is 929. The molecule has 0 saturated carbocycles. The fourth-order valence-corrected chi connectivity index (χ4v) is 3.69. The van der Waals surface area contributed by atoms with Crippen LogP contribution in [0.4, 0.5) is 4.39 Å². The smallest absolute Gasteiger partial charge is 0.255 e. The van der Waals surface area contributed by atoms with E-state index in [1.165, 1.54) is 12.1 Å². The van der Waals surface area contributed by atoms with Crippen LogP contribution in [0, 0.1) is 5.82 Å². The zero-order valence-electron chi connectivity index (χ0n) is 17.0. The molecule has 160 valence electrons. The van der Waals surface area contributed by atoms with Gasteiger partial charge in [-0.3, -0.25) is 9.59 Å². The highest BCUT2D eigenvalue weighted by Crippen LogP contribution is 2.28. The Morgan fingerprint density at radius 1 is 0.967 bits per heavy atom. The number of ether oxygens (including phenoxy) is 2. The molecule has 1 aliphatic heterocycles. The molecule has 2 aromatic carbocycles. The van der Waals surface area contributed by atoms with Gasteiger partial charge in [0.2, 0.25) is 5.91 Å². The molecule has 0 aliphatic carbocycles. The predicted octanol–water partition coefficient (Wildman–Crippen LogP) is 3.41. The normalized spacial score (nSPS) is 13.9. The van der Waals surface area contributed by atoms with Crippen LogP contribution in [0.15, 0.2) is 36.4 Å². The number of carbonyl (C=O) groups is 2. The maximum absolute atomic E-state index is 13.2. The number of methoxy groups -OCH3 is 2. The number of halogens is 2. The molecule has 1 fully saturated rings. The third-order valence-electron chi connectivity index (χ3n) is 5.16. The second kappa shape index (κ2) is 9.80. The first-order valence-electron chi connectivity index (χ1n) is 9.66. The Labute approximate surface area is 180 Å². The molecule has 0 spiro atoms. The quantitative estimate of drug-likeness (QED) is 0.699. The molecule has 0 unspecified atom stereocenters. The van der Waals surface area contributed by atoms with Crippen molar-refractivity contribution in [3.05, 3.63) is 58.4 Å². The van der Waals surface area contributed by atoms with Crippen LogP contribution in [0.3, 0.4) is 0 Å². The molecule has 3 rings (SSSR count). The van der Waals surface area contributed by atoms with E-state index in [9.17, 15) is 14.0 Å². The summed E-state index contributed by atoms with van der Waals surface area (Å²) in [6.07, 6.45) is 0.955. The lowest BCUT2D eigenvalue weighted by Crippen LogP contribution is -2.50. The van der Waals surface area contributed by atoms with Gasteiger partial charge in [-0.05, 0) is 42.3 Å². The molecule has 2 amide bonds. The maximum Gasteiger partial charge on any atom is 0.255 e. The third kappa shape index (κ3) is 5.02. The lowest BCUT2D eigenvalue weighted by molar-refractivity contribution is -0.132. The SMILES string of the molecule is COc1ccc(CCC(=O)N2CCN(C(=O)c3ccc(F)cc3Cl)CC2)cc1OC. The number of nitrogens with zero attached hydrogens (tertiary/aromatic N) is 2. The highest BCUT2D eigenvalue weighted by molar-refractivity contribution is 6.33. The van der Waals surface area contributed by atoms with Crippen LogP contribution in [0.5, 0.6) is 11.5 Å². The van der Waals surface area contributed by atoms with E-state index in [-0.39, 0.29) is 22.4 Å². The van der Waals surface area contributed by atoms with E-state index in [0.717, 1.165) is 11.6 Å². The Kier molecular flexibility index (Phi) is 7.15. The molecule has 0 atom stereocenters. The molecule has 1 heterocycles. The van der Waals surface area contributed by atoms with E-state index in [4.69, 9.17) is 21.1 Å². The molecule has 1 aliphatic rings. The van der Waals surface area contributed by atoms with E-state index < -0.39 is 5.82 Å². The molecule has 6 nitrogen and oxygen atoms in total. The van der Waals surface area contributed by atoms with Crippen molar-refractivity contribution in [1.29, 1.82) is 0 Å². The van der Waals surface area contributed by atoms with Crippen molar-refractivity contribution in [2.24, 2.45) is 0 Å². The van der Waals surface area contributed by atoms with Crippen LogP contribution in [0.1, 0.15) is 22.3 Å². The van der Waals surface area contributed by atoms with Crippen LogP contribution in [-0.4, -0.2) is 62.0 Å². The van der Waals surface area contributed by atoms with E-state index >= 15 is 0 Å². The van der Waals surface area contributed by atoms with Gasteiger partial charge in [0.25, 0.3) is 5.91 Å². The van der Waals surface area contributed by atoms with Gasteiger partial charge in [-0.25, -0.2) is 4.39 Å². The van der Waals surface area contributed by atoms with Crippen LogP contribution in [-0.2, 0) is 11.2 Å². The minimum Gasteiger partial charge on any atom is -0.493 e. The number of amides is 2. The summed E-state index contributed by atoms with van der Waals surface area (Å²) in [5, 5.41) is 0.0911. The summed E-state index contributed by atoms with van der Waals surface area (Å²) in [5.41, 5.74) is 1.26. The lowest BCUT2D eigenvalue weighted by atomic mass is 10.1. The molecule has 2 aromatic rings. The lowest BCUT2D eigenvalue weighted by Gasteiger charge is -2.35. The summed E-state index contributed by atoms with van der Waals surface area (Å²) in [6, 6.07) is 9.34. The topological polar surface area (TPSA) is 59.1 Å². The van der Waals surface area contributed by atoms with Gasteiger partial charge in [0.15, 0.2) is 11.5 Å². The van der Waals surface area contributed by atoms with E-state index in [1.54, 1.807) is 24.0 Å². The van der Waals surface area contributed by atoms with Crippen molar-refractivity contribution in [1.82, 2.24) is 9.80 Å². The number of hydrogen-bond donors (Lipinski definition) is 0. The van der Waals surface area contributed by atoms with Crippen LogP contribution in [0.2, 0.25) is 5.02 Å². The number of piperazine rings is 1. The fraction of sp³-hybridized carbons (Fsp3) is 0.364. The fourth-order valence-electron chi connectivity index (χ4n) is 3.44. The zero-order valence-corrected chi connectivity index (χ0v) is 17.7. The number of aryl methyl sites for hydroxylation is 1. The monoisotopic (exact) mass is 434 g/mol. The molecule has 1 saturated heterocycles. The summed E-state index contributed by atoms with van der Waals surface area (Å²) in [6.45, 7) is 1.73. The van der Waals surface area contributed by atoms with Crippen molar-refractivity contribution in [2.45, 2.75) is 12.8 Å². The second-order valence-corrected chi connectivity index (χ2v) is 7.39. The Morgan fingerprint density at radius 3 is 2.27 bits per heavy atom. The molecule has 0 aromatic heterocycles. The standard InChI is InChI=1S/C22H24ClFN2O4/c1-29-19-7-3-15(13-20(19)30-2)4-8-21(27)25-9-11-26(12-10-25)22(28)17-6-5-16(24)14-18(17)23/h3,5-7,13-14H,4,8-12H2,1-2H3. The van der Waals surface area contributed by atoms with Crippen molar-refractivity contribution in [3.8, 4) is 11.5 Å². The van der Waals surface area contributed by atoms with Gasteiger partial charge in [-0.1, -0.05) is 17.7 Å². The Hall–Kier alpha value is -2.80. The van der Waals surface area contributed by atoms with Crippen LogP contribution < -0.4 is 9.47 Å². The highest BCUT2D eigenvalue weighted by Gasteiger charge is 2.26. The van der Waals surface area contributed by atoms with E-state index in [0.29, 0.717) is 50.5 Å². The van der Waals surface area contributed by atoms with Crippen LogP contribution in [0.25, 0.3) is 0 Å². The first kappa shape index (κ1) is 21.9. The minimum atomic E-state index is -0.485. The van der Waals surface area contributed by atoms with Crippen molar-refractivity contribution in [3.63, 3.8) is 0 Å². The summed E-state index contributed by atoms with van der Waals surface area (Å²) >= 11 is 5.99. The Morgan fingerprint density at radius 2 is 1.63 bits per heavy atom. The average Bonchev–Trinajstić information content (AvgIpc) is 2.77. The zero-order chi connectivity index (χ0) is 21.7. The van der Waals surface area contributed by atoms with Crippen molar-refractivity contribution in [2.75, 3.05) is 40.4 Å². The number of hydrogen-bond acceptors (Lipinski definition) is 4. The molecule has 30 heavy (non-hydrogen) atoms. The van der Waals surface area contributed by atoms with Gasteiger partial charge in [-0.15, -0.1) is 0 Å². The number of benzene rings is 2. The molecule has 8 heteroatoms. The van der Waals surface area contributed by atoms with Gasteiger partial charge < -0.3 is 19.3 Å². The largest absolute Gasteiger partial charge is 0.493 e. The molecule has 0 bridgehead atoms. The first-order chi connectivity index (χ1) is 14.4. The summed E-state index contributed by atoms with van der Waals surface area (Å²) < 4.78 is 23.7. The predicted molar refractivity (Wildman–Crippen MR) is 112 cm³/mol. The van der Waals surface area contributed by atoms with Gasteiger partial charge >= 0.3 is 0 Å². The average molecular weight is 435 g/mol. The van der Waals surface area contributed by atoms with E-state index in [1.807, 2.05) is 18.2 Å². The highest BCUT2D eigenvalue weighted by atomic mass is 35.5. The van der Waals surface area contributed by atoms with Crippen LogP contribution >= 0.6 is 11.6 Å². The van der Waals surface area contributed by atoms with Crippen molar-refractivity contribution < 1.29 is 23.5 Å². The van der Waals surface area contributed by atoms with Gasteiger partial charge in [0.05, 0.1) is 24.8 Å². The minimum absolute atomic E-state index is 0.0386. The second-order valence-electron chi connectivity index (χ2n) is 6.99. The molecular weight excluding hydrogens is 411 g/mol. The maximum atomic E-state index is 13.2. The molecule has 0 N–H and O–H groups in total. The number of rotatable bonds is 6. The van der Waals surface area contributed by atoms with Gasteiger partial charge in [-0.2, -0.15) is 0 Å². The van der Waals surface area contributed by atoms with E-state index in [2.05, 4.69) is 0 Å². The van der Waals surface area contributed by atoms with Crippen molar-refractivity contribution >= 4 is 23.4 Å². The summed E-state index contributed by atoms with van der Waals surface area (Å²) in [7, 11) is 3.15. The molecular formula is C22H24ClFN2O4.